The molecule has 1 rings (SSSR count). The summed E-state index contributed by atoms with van der Waals surface area (Å²) in [6.45, 7) is -0.0938. The van der Waals surface area contributed by atoms with Gasteiger partial charge in [0.25, 0.3) is 11.8 Å². The molecule has 24 heavy (non-hydrogen) atoms. The lowest BCUT2D eigenvalue weighted by atomic mass is 10.1. The predicted molar refractivity (Wildman–Crippen MR) is 86.5 cm³/mol. The molecule has 0 aromatic heterocycles. The number of primary amides is 1. The summed E-state index contributed by atoms with van der Waals surface area (Å²) in [5, 5.41) is 8.72. The fraction of sp³-hybridized carbons (Fsp3) is 0.400. The monoisotopic (exact) mass is 358 g/mol. The Morgan fingerprint density at radius 3 is 2.54 bits per heavy atom. The largest absolute Gasteiger partial charge is 0.493 e. The van der Waals surface area contributed by atoms with Gasteiger partial charge in [0, 0.05) is 25.6 Å². The van der Waals surface area contributed by atoms with E-state index in [0.717, 1.165) is 0 Å². The van der Waals surface area contributed by atoms with Gasteiger partial charge in [-0.2, -0.15) is 0 Å². The van der Waals surface area contributed by atoms with E-state index in [0.29, 0.717) is 6.42 Å². The van der Waals surface area contributed by atoms with Crippen molar-refractivity contribution in [2.75, 3.05) is 27.3 Å². The van der Waals surface area contributed by atoms with Crippen LogP contribution in [0.3, 0.4) is 0 Å². The Labute approximate surface area is 144 Å². The molecule has 0 aliphatic heterocycles. The number of benzene rings is 1. The van der Waals surface area contributed by atoms with Crippen molar-refractivity contribution in [3.63, 3.8) is 0 Å². The van der Waals surface area contributed by atoms with Crippen molar-refractivity contribution >= 4 is 29.4 Å². The molecule has 1 aromatic carbocycles. The fourth-order valence-corrected chi connectivity index (χ4v) is 2.18. The van der Waals surface area contributed by atoms with E-state index >= 15 is 0 Å². The summed E-state index contributed by atoms with van der Waals surface area (Å²) in [5.74, 6) is -1.64. The molecule has 0 atom stereocenters. The summed E-state index contributed by atoms with van der Waals surface area (Å²) in [6.07, 6.45) is 0.309. The highest BCUT2D eigenvalue weighted by atomic mass is 35.5. The smallest absolute Gasteiger partial charge is 0.303 e. The molecule has 0 fully saturated rings. The van der Waals surface area contributed by atoms with E-state index in [-0.39, 0.29) is 47.6 Å². The van der Waals surface area contributed by atoms with E-state index in [1.807, 2.05) is 0 Å². The van der Waals surface area contributed by atoms with Gasteiger partial charge in [-0.3, -0.25) is 14.4 Å². The van der Waals surface area contributed by atoms with E-state index in [9.17, 15) is 14.4 Å². The molecule has 0 radical (unpaired) electrons. The molecule has 0 heterocycles. The van der Waals surface area contributed by atoms with Crippen molar-refractivity contribution in [3.8, 4) is 11.5 Å². The van der Waals surface area contributed by atoms with Crippen molar-refractivity contribution < 1.29 is 29.0 Å². The van der Waals surface area contributed by atoms with E-state index < -0.39 is 11.9 Å². The first kappa shape index (κ1) is 19.6. The second-order valence-corrected chi connectivity index (χ2v) is 5.38. The van der Waals surface area contributed by atoms with Crippen LogP contribution in [0.25, 0.3) is 0 Å². The highest BCUT2D eigenvalue weighted by Gasteiger charge is 2.19. The lowest BCUT2D eigenvalue weighted by Gasteiger charge is -2.18. The Kier molecular flexibility index (Phi) is 7.31. The topological polar surface area (TPSA) is 119 Å². The van der Waals surface area contributed by atoms with Gasteiger partial charge in [0.15, 0.2) is 18.1 Å². The molecule has 9 heteroatoms. The van der Waals surface area contributed by atoms with Gasteiger partial charge in [-0.05, 0) is 18.6 Å². The standard InChI is InChI=1S/C15H19ClN2O6/c1-18(5-3-4-13(20)21)15(22)9-6-10(16)14(11(7-9)23-2)24-8-12(17)19/h6-7H,3-5,8H2,1-2H3,(H2,17,19)(H,20,21). The van der Waals surface area contributed by atoms with E-state index in [4.69, 9.17) is 31.9 Å². The number of halogens is 1. The fourth-order valence-electron chi connectivity index (χ4n) is 1.92. The van der Waals surface area contributed by atoms with Crippen LogP contribution in [-0.2, 0) is 9.59 Å². The number of hydrogen-bond acceptors (Lipinski definition) is 5. The lowest BCUT2D eigenvalue weighted by Crippen LogP contribution is -2.28. The van der Waals surface area contributed by atoms with Crippen LogP contribution in [0.5, 0.6) is 11.5 Å². The van der Waals surface area contributed by atoms with Crippen LogP contribution in [-0.4, -0.2) is 55.1 Å². The molecule has 0 aliphatic carbocycles. The van der Waals surface area contributed by atoms with Gasteiger partial charge in [-0.25, -0.2) is 0 Å². The molecule has 1 aromatic rings. The highest BCUT2D eigenvalue weighted by Crippen LogP contribution is 2.36. The predicted octanol–water partition coefficient (Wildman–Crippen LogP) is 1.15. The molecular formula is C15H19ClN2O6. The molecule has 0 unspecified atom stereocenters. The number of carboxylic acids is 1. The van der Waals surface area contributed by atoms with Crippen LogP contribution < -0.4 is 15.2 Å². The number of methoxy groups -OCH3 is 1. The number of ether oxygens (including phenoxy) is 2. The number of hydrogen-bond donors (Lipinski definition) is 2. The van der Waals surface area contributed by atoms with Crippen molar-refractivity contribution in [1.29, 1.82) is 0 Å². The third kappa shape index (κ3) is 5.62. The molecule has 3 N–H and O–H groups in total. The normalized spacial score (nSPS) is 10.1. The van der Waals surface area contributed by atoms with Gasteiger partial charge in [0.1, 0.15) is 0 Å². The quantitative estimate of drug-likeness (QED) is 0.683. The summed E-state index contributed by atoms with van der Waals surface area (Å²) < 4.78 is 10.3. The Balaban J connectivity index is 2.91. The van der Waals surface area contributed by atoms with E-state index in [1.54, 1.807) is 7.05 Å². The lowest BCUT2D eigenvalue weighted by molar-refractivity contribution is -0.137. The number of nitrogens with two attached hydrogens (primary N) is 1. The zero-order chi connectivity index (χ0) is 18.3. The van der Waals surface area contributed by atoms with Gasteiger partial charge in [0.2, 0.25) is 0 Å². The van der Waals surface area contributed by atoms with Crippen LogP contribution in [0, 0.1) is 0 Å². The number of nitrogens with zero attached hydrogens (tertiary/aromatic N) is 1. The number of carbonyl (C=O) groups excluding carboxylic acids is 2. The molecule has 0 saturated carbocycles. The minimum Gasteiger partial charge on any atom is -0.493 e. The van der Waals surface area contributed by atoms with Gasteiger partial charge < -0.3 is 25.2 Å². The minimum atomic E-state index is -0.920. The maximum Gasteiger partial charge on any atom is 0.303 e. The number of rotatable bonds is 9. The van der Waals surface area contributed by atoms with Crippen LogP contribution in [0.1, 0.15) is 23.2 Å². The van der Waals surface area contributed by atoms with Crippen molar-refractivity contribution in [3.05, 3.63) is 22.7 Å². The number of aliphatic carboxylic acids is 1. The summed E-state index contributed by atoms with van der Waals surface area (Å²) in [4.78, 5) is 35.1. The highest BCUT2D eigenvalue weighted by molar-refractivity contribution is 6.32. The average molecular weight is 359 g/mol. The van der Waals surface area contributed by atoms with Crippen LogP contribution in [0.15, 0.2) is 12.1 Å². The zero-order valence-corrected chi connectivity index (χ0v) is 14.1. The Hall–Kier alpha value is -2.48. The summed E-state index contributed by atoms with van der Waals surface area (Å²) in [6, 6.07) is 2.81. The van der Waals surface area contributed by atoms with Gasteiger partial charge >= 0.3 is 5.97 Å². The molecule has 0 spiro atoms. The first-order valence-electron chi connectivity index (χ1n) is 7.02. The molecule has 132 valence electrons. The van der Waals surface area contributed by atoms with Crippen LogP contribution in [0.2, 0.25) is 5.02 Å². The summed E-state index contributed by atoms with van der Waals surface area (Å²) >= 11 is 6.09. The molecule has 0 bridgehead atoms. The molecular weight excluding hydrogens is 340 g/mol. The van der Waals surface area contributed by atoms with Gasteiger partial charge in [-0.15, -0.1) is 0 Å². The first-order chi connectivity index (χ1) is 11.3. The van der Waals surface area contributed by atoms with E-state index in [2.05, 4.69) is 0 Å². The number of carbonyl (C=O) groups is 3. The maximum atomic E-state index is 12.4. The van der Waals surface area contributed by atoms with Crippen molar-refractivity contribution in [2.45, 2.75) is 12.8 Å². The third-order valence-corrected chi connectivity index (χ3v) is 3.35. The number of carboxylic acid groups (broad SMARTS) is 1. The summed E-state index contributed by atoms with van der Waals surface area (Å²) in [7, 11) is 2.93. The SMILES string of the molecule is COc1cc(C(=O)N(C)CCCC(=O)O)cc(Cl)c1OCC(N)=O. The average Bonchev–Trinajstić information content (AvgIpc) is 2.51. The van der Waals surface area contributed by atoms with Crippen LogP contribution >= 0.6 is 11.6 Å². The maximum absolute atomic E-state index is 12.4. The first-order valence-corrected chi connectivity index (χ1v) is 7.40. The third-order valence-electron chi connectivity index (χ3n) is 3.07. The second kappa shape index (κ2) is 8.97. The Morgan fingerprint density at radius 2 is 2.00 bits per heavy atom. The molecule has 8 nitrogen and oxygen atoms in total. The van der Waals surface area contributed by atoms with E-state index in [1.165, 1.54) is 24.1 Å². The van der Waals surface area contributed by atoms with Crippen LogP contribution in [0.4, 0.5) is 0 Å². The van der Waals surface area contributed by atoms with Crippen molar-refractivity contribution in [2.24, 2.45) is 5.73 Å². The minimum absolute atomic E-state index is 0.0262. The van der Waals surface area contributed by atoms with Crippen molar-refractivity contribution in [1.82, 2.24) is 4.90 Å². The molecule has 0 aliphatic rings. The Bertz CT molecular complexity index is 635. The van der Waals surface area contributed by atoms with Gasteiger partial charge in [0.05, 0.1) is 12.1 Å². The summed E-state index contributed by atoms with van der Waals surface area (Å²) in [5.41, 5.74) is 5.27. The molecule has 2 amide bonds. The zero-order valence-electron chi connectivity index (χ0n) is 13.4. The Morgan fingerprint density at radius 1 is 1.33 bits per heavy atom. The molecule has 0 saturated heterocycles. The number of amides is 2. The second-order valence-electron chi connectivity index (χ2n) is 4.97. The van der Waals surface area contributed by atoms with Gasteiger partial charge in [-0.1, -0.05) is 11.6 Å².